The summed E-state index contributed by atoms with van der Waals surface area (Å²) in [6.45, 7) is 9.73. The largest absolute Gasteiger partial charge is 0.380 e. The van der Waals surface area contributed by atoms with Crippen LogP contribution < -0.4 is 5.32 Å². The number of nitrogens with one attached hydrogen (secondary N) is 1. The van der Waals surface area contributed by atoms with Gasteiger partial charge < -0.3 is 19.9 Å². The quantitative estimate of drug-likeness (QED) is 0.339. The van der Waals surface area contributed by atoms with Gasteiger partial charge in [-0.25, -0.2) is 4.99 Å². The molecule has 26 heavy (non-hydrogen) atoms. The fourth-order valence-electron chi connectivity index (χ4n) is 2.50. The Morgan fingerprint density at radius 2 is 1.69 bits per heavy atom. The molecular formula is C19H33IN4O2. The van der Waals surface area contributed by atoms with E-state index < -0.39 is 0 Å². The summed E-state index contributed by atoms with van der Waals surface area (Å²) in [5.74, 6) is 0.853. The highest BCUT2D eigenvalue weighted by molar-refractivity contribution is 14.0. The Balaban J connectivity index is 0.00000625. The average Bonchev–Trinajstić information content (AvgIpc) is 2.61. The zero-order chi connectivity index (χ0) is 18.7. The third-order valence-corrected chi connectivity index (χ3v) is 3.93. The van der Waals surface area contributed by atoms with E-state index in [-0.39, 0.29) is 29.9 Å². The number of rotatable bonds is 9. The van der Waals surface area contributed by atoms with Gasteiger partial charge in [-0.15, -0.1) is 24.0 Å². The van der Waals surface area contributed by atoms with Crippen LogP contribution in [0.15, 0.2) is 29.3 Å². The van der Waals surface area contributed by atoms with E-state index in [0.717, 1.165) is 36.7 Å². The van der Waals surface area contributed by atoms with Crippen LogP contribution in [0.25, 0.3) is 0 Å². The van der Waals surface area contributed by atoms with Gasteiger partial charge in [0.15, 0.2) is 5.96 Å². The number of ether oxygens (including phenoxy) is 1. The van der Waals surface area contributed by atoms with Crippen LogP contribution in [0.3, 0.4) is 0 Å². The van der Waals surface area contributed by atoms with Crippen LogP contribution >= 0.6 is 24.0 Å². The molecule has 0 bridgehead atoms. The van der Waals surface area contributed by atoms with Crippen molar-refractivity contribution in [1.29, 1.82) is 0 Å². The lowest BCUT2D eigenvalue weighted by atomic mass is 10.1. The molecule has 0 atom stereocenters. The predicted molar refractivity (Wildman–Crippen MR) is 118 cm³/mol. The normalized spacial score (nSPS) is 10.9. The number of carbonyl (C=O) groups excluding carboxylic acids is 1. The number of carbonyl (C=O) groups is 1. The second-order valence-electron chi connectivity index (χ2n) is 5.84. The summed E-state index contributed by atoms with van der Waals surface area (Å²) in [5, 5.41) is 3.25. The summed E-state index contributed by atoms with van der Waals surface area (Å²) in [6.07, 6.45) is 0. The number of benzene rings is 1. The number of hydrogen-bond donors (Lipinski definition) is 1. The maximum absolute atomic E-state index is 12.3. The number of guanidine groups is 1. The third kappa shape index (κ3) is 8.35. The molecule has 0 unspecified atom stereocenters. The smallest absolute Gasteiger partial charge is 0.242 e. The molecule has 1 N–H and O–H groups in total. The van der Waals surface area contributed by atoms with E-state index in [9.17, 15) is 4.79 Å². The molecule has 0 aromatic heterocycles. The van der Waals surface area contributed by atoms with E-state index in [0.29, 0.717) is 19.7 Å². The van der Waals surface area contributed by atoms with Crippen LogP contribution in [-0.2, 0) is 22.7 Å². The topological polar surface area (TPSA) is 57.2 Å². The Labute approximate surface area is 175 Å². The highest BCUT2D eigenvalue weighted by Crippen LogP contribution is 2.07. The van der Waals surface area contributed by atoms with Gasteiger partial charge in [-0.05, 0) is 31.9 Å². The summed E-state index contributed by atoms with van der Waals surface area (Å²) in [5.41, 5.74) is 2.27. The van der Waals surface area contributed by atoms with Crippen molar-refractivity contribution in [3.63, 3.8) is 0 Å². The zero-order valence-electron chi connectivity index (χ0n) is 16.6. The van der Waals surface area contributed by atoms with E-state index in [1.165, 1.54) is 0 Å². The second kappa shape index (κ2) is 13.8. The van der Waals surface area contributed by atoms with Crippen molar-refractivity contribution in [2.24, 2.45) is 4.99 Å². The van der Waals surface area contributed by atoms with E-state index in [2.05, 4.69) is 34.6 Å². The molecule has 0 aliphatic heterocycles. The molecule has 0 fully saturated rings. The zero-order valence-corrected chi connectivity index (χ0v) is 18.9. The van der Waals surface area contributed by atoms with Crippen LogP contribution in [-0.4, -0.2) is 62.0 Å². The molecule has 7 heteroatoms. The molecule has 0 saturated carbocycles. The van der Waals surface area contributed by atoms with Crippen LogP contribution in [0, 0.1) is 0 Å². The second-order valence-corrected chi connectivity index (χ2v) is 5.84. The van der Waals surface area contributed by atoms with Crippen LogP contribution in [0.4, 0.5) is 0 Å². The van der Waals surface area contributed by atoms with Crippen molar-refractivity contribution in [2.45, 2.75) is 33.9 Å². The molecule has 1 aromatic carbocycles. The first kappa shape index (κ1) is 24.7. The summed E-state index contributed by atoms with van der Waals surface area (Å²) >= 11 is 0. The number of likely N-dealkylation sites (N-methyl/N-ethyl adjacent to an activating group) is 2. The van der Waals surface area contributed by atoms with Crippen molar-refractivity contribution in [1.82, 2.24) is 15.1 Å². The van der Waals surface area contributed by atoms with Crippen LogP contribution in [0.5, 0.6) is 0 Å². The minimum absolute atomic E-state index is 0. The molecule has 148 valence electrons. The molecule has 1 amide bonds. The maximum Gasteiger partial charge on any atom is 0.242 e. The molecule has 0 aliphatic rings. The fraction of sp³-hybridized carbons (Fsp3) is 0.579. The first-order chi connectivity index (χ1) is 12.0. The van der Waals surface area contributed by atoms with E-state index in [1.807, 2.05) is 37.6 Å². The Kier molecular flexibility index (Phi) is 13.1. The lowest BCUT2D eigenvalue weighted by molar-refractivity contribution is -0.131. The number of halogens is 1. The highest BCUT2D eigenvalue weighted by Gasteiger charge is 2.14. The van der Waals surface area contributed by atoms with E-state index in [4.69, 9.17) is 4.74 Å². The van der Waals surface area contributed by atoms with E-state index >= 15 is 0 Å². The van der Waals surface area contributed by atoms with Crippen molar-refractivity contribution in [3.8, 4) is 0 Å². The molecule has 0 radical (unpaired) electrons. The standard InChI is InChI=1S/C19H32N4O2.HI/c1-6-20-19(22(4)14-18(24)23(7-2)8-3)21-13-16-9-11-17(12-10-16)15-25-5;/h9-12H,6-8,13-15H2,1-5H3,(H,20,21);1H. The van der Waals surface area contributed by atoms with Gasteiger partial charge in [0.2, 0.25) is 5.91 Å². The fourth-order valence-corrected chi connectivity index (χ4v) is 2.50. The summed E-state index contributed by atoms with van der Waals surface area (Å²) in [4.78, 5) is 20.6. The number of hydrogen-bond acceptors (Lipinski definition) is 3. The number of aliphatic imine (C=N–C) groups is 1. The molecule has 0 spiro atoms. The van der Waals surface area contributed by atoms with Gasteiger partial charge in [0, 0.05) is 33.8 Å². The number of methoxy groups -OCH3 is 1. The molecule has 0 saturated heterocycles. The Hall–Kier alpha value is -1.35. The molecule has 1 aromatic rings. The molecule has 6 nitrogen and oxygen atoms in total. The predicted octanol–water partition coefficient (Wildman–Crippen LogP) is 2.72. The van der Waals surface area contributed by atoms with Crippen molar-refractivity contribution >= 4 is 35.8 Å². The Morgan fingerprint density at radius 1 is 1.12 bits per heavy atom. The first-order valence-corrected chi connectivity index (χ1v) is 8.89. The van der Waals surface area contributed by atoms with Gasteiger partial charge in [-0.1, -0.05) is 24.3 Å². The van der Waals surface area contributed by atoms with Crippen LogP contribution in [0.2, 0.25) is 0 Å². The summed E-state index contributed by atoms with van der Waals surface area (Å²) in [6, 6.07) is 8.22. The van der Waals surface area contributed by atoms with Gasteiger partial charge in [0.05, 0.1) is 19.7 Å². The van der Waals surface area contributed by atoms with Gasteiger partial charge >= 0.3 is 0 Å². The minimum atomic E-state index is 0. The molecule has 1 rings (SSSR count). The molecule has 0 heterocycles. The first-order valence-electron chi connectivity index (χ1n) is 8.89. The van der Waals surface area contributed by atoms with Crippen molar-refractivity contribution < 1.29 is 9.53 Å². The van der Waals surface area contributed by atoms with Crippen LogP contribution in [0.1, 0.15) is 31.9 Å². The van der Waals surface area contributed by atoms with Gasteiger partial charge in [0.25, 0.3) is 0 Å². The minimum Gasteiger partial charge on any atom is -0.380 e. The van der Waals surface area contributed by atoms with Crippen molar-refractivity contribution in [2.75, 3.05) is 40.3 Å². The summed E-state index contributed by atoms with van der Waals surface area (Å²) in [7, 11) is 3.58. The maximum atomic E-state index is 12.3. The lowest BCUT2D eigenvalue weighted by Gasteiger charge is -2.25. The number of nitrogens with zero attached hydrogens (tertiary/aromatic N) is 3. The lowest BCUT2D eigenvalue weighted by Crippen LogP contribution is -2.45. The van der Waals surface area contributed by atoms with Gasteiger partial charge in [-0.3, -0.25) is 4.79 Å². The van der Waals surface area contributed by atoms with Gasteiger partial charge in [-0.2, -0.15) is 0 Å². The Morgan fingerprint density at radius 3 is 2.19 bits per heavy atom. The third-order valence-electron chi connectivity index (χ3n) is 3.93. The SMILES string of the molecule is CCNC(=NCc1ccc(COC)cc1)N(C)CC(=O)N(CC)CC.I. The van der Waals surface area contributed by atoms with Gasteiger partial charge in [0.1, 0.15) is 0 Å². The molecule has 0 aliphatic carbocycles. The molecular weight excluding hydrogens is 443 g/mol. The average molecular weight is 476 g/mol. The highest BCUT2D eigenvalue weighted by atomic mass is 127. The monoisotopic (exact) mass is 476 g/mol. The van der Waals surface area contributed by atoms with E-state index in [1.54, 1.807) is 7.11 Å². The summed E-state index contributed by atoms with van der Waals surface area (Å²) < 4.78 is 5.12. The number of amides is 1. The Bertz CT molecular complexity index is 545. The van der Waals surface area contributed by atoms with Crippen molar-refractivity contribution in [3.05, 3.63) is 35.4 Å².